The molecule has 0 atom stereocenters. The van der Waals surface area contributed by atoms with Gasteiger partial charge in [0.1, 0.15) is 0 Å². The maximum atomic E-state index is 12.2. The summed E-state index contributed by atoms with van der Waals surface area (Å²) in [6.07, 6.45) is 2.77. The minimum atomic E-state index is 0.0334. The van der Waals surface area contributed by atoms with Crippen LogP contribution in [0.2, 0.25) is 5.02 Å². The van der Waals surface area contributed by atoms with E-state index in [2.05, 4.69) is 5.32 Å². The molecule has 5 nitrogen and oxygen atoms in total. The average molecular weight is 382 g/mol. The number of amides is 2. The topological polar surface area (TPSA) is 54.5 Å². The van der Waals surface area contributed by atoms with E-state index in [1.807, 2.05) is 30.0 Å². The number of thiazole rings is 1. The third-order valence-electron chi connectivity index (χ3n) is 4.44. The van der Waals surface area contributed by atoms with Crippen molar-refractivity contribution in [2.75, 3.05) is 32.8 Å². The number of aromatic nitrogens is 1. The molecule has 0 unspecified atom stereocenters. The number of hydrogen-bond acceptors (Lipinski definition) is 4. The van der Waals surface area contributed by atoms with E-state index in [9.17, 15) is 4.79 Å². The second-order valence-electron chi connectivity index (χ2n) is 6.21. The quantitative estimate of drug-likeness (QED) is 0.760. The molecular weight excluding hydrogens is 358 g/mol. The van der Waals surface area contributed by atoms with Gasteiger partial charge in [-0.15, -0.1) is 11.3 Å². The number of benzene rings is 1. The summed E-state index contributed by atoms with van der Waals surface area (Å²) < 4.78 is 6.45. The Bertz CT molecular complexity index is 713. The summed E-state index contributed by atoms with van der Waals surface area (Å²) in [5.41, 5.74) is 0.974. The number of ether oxygens (including phenoxy) is 1. The normalized spacial score (nSPS) is 15.7. The fraction of sp³-hybridized carbons (Fsp3) is 0.556. The standard InChI is InChI=1S/C18H24ClN3O2S/c1-2-24-11-3-8-20-18(23)22-9-6-13(7-10-22)17-21-15-12-14(19)4-5-16(15)25-17/h4-5,12-13H,2-3,6-11H2,1H3,(H,20,23). The Morgan fingerprint density at radius 1 is 1.44 bits per heavy atom. The number of hydrogen-bond donors (Lipinski definition) is 1. The highest BCUT2D eigenvalue weighted by Crippen LogP contribution is 2.34. The van der Waals surface area contributed by atoms with Gasteiger partial charge in [0, 0.05) is 43.8 Å². The number of rotatable bonds is 6. The van der Waals surface area contributed by atoms with E-state index in [4.69, 9.17) is 21.3 Å². The van der Waals surface area contributed by atoms with Gasteiger partial charge in [-0.2, -0.15) is 0 Å². The van der Waals surface area contributed by atoms with E-state index in [0.29, 0.717) is 19.1 Å². The Kier molecular flexibility index (Phi) is 6.51. The van der Waals surface area contributed by atoms with Gasteiger partial charge in [0.25, 0.3) is 0 Å². The number of halogens is 1. The number of carbonyl (C=O) groups excluding carboxylic acids is 1. The molecule has 0 radical (unpaired) electrons. The minimum Gasteiger partial charge on any atom is -0.382 e. The zero-order valence-electron chi connectivity index (χ0n) is 14.5. The molecule has 1 saturated heterocycles. The molecule has 1 fully saturated rings. The third-order valence-corrected chi connectivity index (χ3v) is 5.88. The van der Waals surface area contributed by atoms with E-state index >= 15 is 0 Å². The zero-order valence-corrected chi connectivity index (χ0v) is 16.0. The summed E-state index contributed by atoms with van der Waals surface area (Å²) in [5, 5.41) is 4.86. The van der Waals surface area contributed by atoms with E-state index in [1.54, 1.807) is 11.3 Å². The van der Waals surface area contributed by atoms with Crippen molar-refractivity contribution < 1.29 is 9.53 Å². The highest BCUT2D eigenvalue weighted by molar-refractivity contribution is 7.18. The SMILES string of the molecule is CCOCCCNC(=O)N1CCC(c2nc3cc(Cl)ccc3s2)CC1. The molecule has 3 rings (SSSR count). The first-order valence-corrected chi connectivity index (χ1v) is 10.0. The summed E-state index contributed by atoms with van der Waals surface area (Å²) in [4.78, 5) is 18.8. The molecule has 0 saturated carbocycles. The van der Waals surface area contributed by atoms with Gasteiger partial charge in [0.2, 0.25) is 0 Å². The predicted molar refractivity (Wildman–Crippen MR) is 103 cm³/mol. The molecule has 0 aliphatic carbocycles. The Labute approximate surface area is 157 Å². The molecule has 2 amide bonds. The van der Waals surface area contributed by atoms with Crippen molar-refractivity contribution in [3.05, 3.63) is 28.2 Å². The Morgan fingerprint density at radius 3 is 3.00 bits per heavy atom. The van der Waals surface area contributed by atoms with Crippen LogP contribution in [0.15, 0.2) is 18.2 Å². The van der Waals surface area contributed by atoms with Crippen LogP contribution in [0.1, 0.15) is 37.1 Å². The van der Waals surface area contributed by atoms with Crippen LogP contribution in [0.25, 0.3) is 10.2 Å². The second kappa shape index (κ2) is 8.83. The number of fused-ring (bicyclic) bond motifs is 1. The van der Waals surface area contributed by atoms with Crippen LogP contribution in [-0.2, 0) is 4.74 Å². The molecule has 2 heterocycles. The molecule has 1 aliphatic rings. The fourth-order valence-corrected chi connectivity index (χ4v) is 4.33. The molecule has 1 aromatic carbocycles. The number of nitrogens with one attached hydrogen (secondary N) is 1. The van der Waals surface area contributed by atoms with Crippen molar-refractivity contribution in [1.29, 1.82) is 0 Å². The summed E-state index contributed by atoms with van der Waals surface area (Å²) in [7, 11) is 0. The molecule has 0 spiro atoms. The molecule has 1 N–H and O–H groups in total. The number of urea groups is 1. The van der Waals surface area contributed by atoms with Crippen LogP contribution in [0.4, 0.5) is 4.79 Å². The predicted octanol–water partition coefficient (Wildman–Crippen LogP) is 4.27. The maximum Gasteiger partial charge on any atom is 0.317 e. The largest absolute Gasteiger partial charge is 0.382 e. The summed E-state index contributed by atoms with van der Waals surface area (Å²) in [6.45, 7) is 5.61. The van der Waals surface area contributed by atoms with Crippen LogP contribution in [0.3, 0.4) is 0 Å². The van der Waals surface area contributed by atoms with Crippen LogP contribution in [0, 0.1) is 0 Å². The number of piperidine rings is 1. The monoisotopic (exact) mass is 381 g/mol. The van der Waals surface area contributed by atoms with Crippen molar-refractivity contribution in [3.8, 4) is 0 Å². The average Bonchev–Trinajstić information content (AvgIpc) is 3.04. The Balaban J connectivity index is 1.48. The van der Waals surface area contributed by atoms with Crippen LogP contribution >= 0.6 is 22.9 Å². The van der Waals surface area contributed by atoms with Crippen LogP contribution in [-0.4, -0.2) is 48.8 Å². The van der Waals surface area contributed by atoms with E-state index in [-0.39, 0.29) is 6.03 Å². The summed E-state index contributed by atoms with van der Waals surface area (Å²) in [5.74, 6) is 0.429. The summed E-state index contributed by atoms with van der Waals surface area (Å²) >= 11 is 7.78. The van der Waals surface area contributed by atoms with Crippen molar-refractivity contribution in [3.63, 3.8) is 0 Å². The lowest BCUT2D eigenvalue weighted by molar-refractivity contribution is 0.143. The lowest BCUT2D eigenvalue weighted by Gasteiger charge is -2.31. The highest BCUT2D eigenvalue weighted by atomic mass is 35.5. The van der Waals surface area contributed by atoms with Gasteiger partial charge >= 0.3 is 6.03 Å². The van der Waals surface area contributed by atoms with Crippen LogP contribution in [0.5, 0.6) is 0 Å². The van der Waals surface area contributed by atoms with E-state index < -0.39 is 0 Å². The fourth-order valence-electron chi connectivity index (χ4n) is 3.05. The zero-order chi connectivity index (χ0) is 17.6. The molecule has 136 valence electrons. The Morgan fingerprint density at radius 2 is 2.24 bits per heavy atom. The van der Waals surface area contributed by atoms with E-state index in [0.717, 1.165) is 54.5 Å². The van der Waals surface area contributed by atoms with Gasteiger partial charge in [-0.25, -0.2) is 9.78 Å². The molecule has 1 aliphatic heterocycles. The van der Waals surface area contributed by atoms with Crippen molar-refractivity contribution >= 4 is 39.2 Å². The third kappa shape index (κ3) is 4.84. The smallest absolute Gasteiger partial charge is 0.317 e. The van der Waals surface area contributed by atoms with Gasteiger partial charge in [-0.3, -0.25) is 0 Å². The van der Waals surface area contributed by atoms with Gasteiger partial charge in [-0.05, 0) is 44.4 Å². The van der Waals surface area contributed by atoms with Crippen LogP contribution < -0.4 is 5.32 Å². The molecule has 25 heavy (non-hydrogen) atoms. The molecule has 7 heteroatoms. The molecule has 0 bridgehead atoms. The number of nitrogens with zero attached hydrogens (tertiary/aromatic N) is 2. The van der Waals surface area contributed by atoms with Gasteiger partial charge in [0.05, 0.1) is 15.2 Å². The lowest BCUT2D eigenvalue weighted by Crippen LogP contribution is -2.44. The van der Waals surface area contributed by atoms with Gasteiger partial charge < -0.3 is 15.0 Å². The minimum absolute atomic E-state index is 0.0334. The summed E-state index contributed by atoms with van der Waals surface area (Å²) in [6, 6.07) is 5.89. The first-order chi connectivity index (χ1) is 12.2. The van der Waals surface area contributed by atoms with E-state index in [1.165, 1.54) is 4.70 Å². The molecule has 1 aromatic heterocycles. The van der Waals surface area contributed by atoms with Crippen molar-refractivity contribution in [1.82, 2.24) is 15.2 Å². The maximum absolute atomic E-state index is 12.2. The van der Waals surface area contributed by atoms with Gasteiger partial charge in [-0.1, -0.05) is 11.6 Å². The Hall–Kier alpha value is -1.37. The number of carbonyl (C=O) groups is 1. The van der Waals surface area contributed by atoms with Crippen molar-refractivity contribution in [2.45, 2.75) is 32.1 Å². The molecule has 2 aromatic rings. The second-order valence-corrected chi connectivity index (χ2v) is 7.71. The highest BCUT2D eigenvalue weighted by Gasteiger charge is 2.25. The first kappa shape index (κ1) is 18.4. The number of likely N-dealkylation sites (tertiary alicyclic amines) is 1. The van der Waals surface area contributed by atoms with Crippen molar-refractivity contribution in [2.24, 2.45) is 0 Å². The van der Waals surface area contributed by atoms with Gasteiger partial charge in [0.15, 0.2) is 0 Å². The molecular formula is C18H24ClN3O2S. The first-order valence-electron chi connectivity index (χ1n) is 8.84. The lowest BCUT2D eigenvalue weighted by atomic mass is 9.98.